The van der Waals surface area contributed by atoms with E-state index in [1.807, 2.05) is 30.7 Å². The highest BCUT2D eigenvalue weighted by Crippen LogP contribution is 2.20. The minimum absolute atomic E-state index is 0.0182. The van der Waals surface area contributed by atoms with Gasteiger partial charge in [-0.25, -0.2) is 0 Å². The molecule has 0 bridgehead atoms. The standard InChI is InChI=1S/C13H17N3O2S/c1-3-9(2)14-11(17)4-5-12-15-16-13(18-12)10-6-7-19-8-10/h6-9H,3-5H2,1-2H3,(H,14,17). The number of hydrogen-bond acceptors (Lipinski definition) is 5. The number of aromatic nitrogens is 2. The lowest BCUT2D eigenvalue weighted by atomic mass is 10.2. The van der Waals surface area contributed by atoms with Crippen LogP contribution in [-0.2, 0) is 11.2 Å². The van der Waals surface area contributed by atoms with Gasteiger partial charge in [0.2, 0.25) is 17.7 Å². The predicted molar refractivity (Wildman–Crippen MR) is 73.8 cm³/mol. The van der Waals surface area contributed by atoms with E-state index in [1.165, 1.54) is 0 Å². The first-order valence-electron chi connectivity index (χ1n) is 6.33. The Hall–Kier alpha value is -1.69. The molecule has 0 aliphatic carbocycles. The van der Waals surface area contributed by atoms with Gasteiger partial charge in [-0.15, -0.1) is 10.2 Å². The molecule has 1 atom stereocenters. The van der Waals surface area contributed by atoms with Crippen molar-refractivity contribution < 1.29 is 9.21 Å². The van der Waals surface area contributed by atoms with Crippen molar-refractivity contribution in [1.82, 2.24) is 15.5 Å². The van der Waals surface area contributed by atoms with Crippen molar-refractivity contribution in [1.29, 1.82) is 0 Å². The van der Waals surface area contributed by atoms with Gasteiger partial charge in [-0.2, -0.15) is 11.3 Å². The van der Waals surface area contributed by atoms with Gasteiger partial charge in [0.25, 0.3) is 0 Å². The molecule has 2 rings (SSSR count). The second kappa shape index (κ2) is 6.47. The van der Waals surface area contributed by atoms with Crippen LogP contribution in [0.1, 0.15) is 32.6 Å². The molecule has 0 aromatic carbocycles. The topological polar surface area (TPSA) is 68.0 Å². The zero-order valence-corrected chi connectivity index (χ0v) is 11.9. The number of hydrogen-bond donors (Lipinski definition) is 1. The minimum Gasteiger partial charge on any atom is -0.421 e. The van der Waals surface area contributed by atoms with Gasteiger partial charge in [0.05, 0.1) is 0 Å². The Morgan fingerprint density at radius 3 is 3.05 bits per heavy atom. The number of amides is 1. The van der Waals surface area contributed by atoms with E-state index < -0.39 is 0 Å². The van der Waals surface area contributed by atoms with Gasteiger partial charge in [-0.1, -0.05) is 6.92 Å². The van der Waals surface area contributed by atoms with E-state index in [1.54, 1.807) is 11.3 Å². The van der Waals surface area contributed by atoms with Crippen molar-refractivity contribution in [2.45, 2.75) is 39.2 Å². The van der Waals surface area contributed by atoms with Crippen LogP contribution in [0.2, 0.25) is 0 Å². The van der Waals surface area contributed by atoms with Gasteiger partial charge >= 0.3 is 0 Å². The molecule has 1 N–H and O–H groups in total. The molecule has 2 aromatic heterocycles. The molecule has 1 unspecified atom stereocenters. The smallest absolute Gasteiger partial charge is 0.248 e. The largest absolute Gasteiger partial charge is 0.421 e. The fourth-order valence-corrected chi connectivity index (χ4v) is 2.16. The Morgan fingerprint density at radius 1 is 1.53 bits per heavy atom. The third-order valence-corrected chi connectivity index (χ3v) is 3.50. The number of rotatable bonds is 6. The second-order valence-electron chi connectivity index (χ2n) is 4.39. The molecule has 2 heterocycles. The number of carbonyl (C=O) groups is 1. The third-order valence-electron chi connectivity index (χ3n) is 2.82. The molecule has 0 saturated carbocycles. The van der Waals surface area contributed by atoms with Crippen molar-refractivity contribution in [3.63, 3.8) is 0 Å². The summed E-state index contributed by atoms with van der Waals surface area (Å²) in [7, 11) is 0. The van der Waals surface area contributed by atoms with Gasteiger partial charge in [-0.05, 0) is 24.8 Å². The quantitative estimate of drug-likeness (QED) is 0.882. The number of carbonyl (C=O) groups excluding carboxylic acids is 1. The maximum Gasteiger partial charge on any atom is 0.248 e. The van der Waals surface area contributed by atoms with Crippen LogP contribution >= 0.6 is 11.3 Å². The fourth-order valence-electron chi connectivity index (χ4n) is 1.53. The number of nitrogens with one attached hydrogen (secondary N) is 1. The average molecular weight is 279 g/mol. The summed E-state index contributed by atoms with van der Waals surface area (Å²) in [6.07, 6.45) is 1.77. The Balaban J connectivity index is 1.85. The molecule has 2 aromatic rings. The van der Waals surface area contributed by atoms with Crippen LogP contribution in [0.25, 0.3) is 11.5 Å². The van der Waals surface area contributed by atoms with Crippen LogP contribution in [-0.4, -0.2) is 22.1 Å². The molecule has 0 aliphatic heterocycles. The molecule has 1 amide bonds. The highest BCUT2D eigenvalue weighted by atomic mass is 32.1. The molecule has 6 heteroatoms. The molecule has 102 valence electrons. The molecule has 0 saturated heterocycles. The van der Waals surface area contributed by atoms with Crippen LogP contribution in [0.15, 0.2) is 21.2 Å². The molecule has 0 radical (unpaired) electrons. The number of thiophene rings is 1. The summed E-state index contributed by atoms with van der Waals surface area (Å²) in [5.41, 5.74) is 0.924. The van der Waals surface area contributed by atoms with Crippen molar-refractivity contribution in [3.8, 4) is 11.5 Å². The Morgan fingerprint density at radius 2 is 2.37 bits per heavy atom. The molecule has 5 nitrogen and oxygen atoms in total. The van der Waals surface area contributed by atoms with E-state index in [0.29, 0.717) is 24.6 Å². The van der Waals surface area contributed by atoms with Crippen LogP contribution in [0.4, 0.5) is 0 Å². The first-order valence-corrected chi connectivity index (χ1v) is 7.27. The average Bonchev–Trinajstić information content (AvgIpc) is 3.06. The van der Waals surface area contributed by atoms with Crippen molar-refractivity contribution in [3.05, 3.63) is 22.7 Å². The highest BCUT2D eigenvalue weighted by molar-refractivity contribution is 7.08. The Labute approximate surface area is 116 Å². The summed E-state index contributed by atoms with van der Waals surface area (Å²) in [4.78, 5) is 11.6. The molecular formula is C13H17N3O2S. The van der Waals surface area contributed by atoms with Crippen LogP contribution in [0.5, 0.6) is 0 Å². The minimum atomic E-state index is 0.0182. The predicted octanol–water partition coefficient (Wildman–Crippen LogP) is 2.65. The van der Waals surface area contributed by atoms with Crippen LogP contribution < -0.4 is 5.32 Å². The Kier molecular flexibility index (Phi) is 4.68. The SMILES string of the molecule is CCC(C)NC(=O)CCc1nnc(-c2ccsc2)o1. The van der Waals surface area contributed by atoms with E-state index in [0.717, 1.165) is 12.0 Å². The van der Waals surface area contributed by atoms with E-state index in [-0.39, 0.29) is 11.9 Å². The first-order chi connectivity index (χ1) is 9.19. The second-order valence-corrected chi connectivity index (χ2v) is 5.17. The lowest BCUT2D eigenvalue weighted by molar-refractivity contribution is -0.121. The molecule has 0 spiro atoms. The first kappa shape index (κ1) is 13.7. The molecule has 0 fully saturated rings. The van der Waals surface area contributed by atoms with Crippen molar-refractivity contribution in [2.75, 3.05) is 0 Å². The maximum absolute atomic E-state index is 11.6. The lowest BCUT2D eigenvalue weighted by Gasteiger charge is -2.10. The lowest BCUT2D eigenvalue weighted by Crippen LogP contribution is -2.32. The van der Waals surface area contributed by atoms with Gasteiger partial charge in [-0.3, -0.25) is 4.79 Å². The fraction of sp³-hybridized carbons (Fsp3) is 0.462. The third kappa shape index (κ3) is 3.89. The highest BCUT2D eigenvalue weighted by Gasteiger charge is 2.11. The molecule has 19 heavy (non-hydrogen) atoms. The summed E-state index contributed by atoms with van der Waals surface area (Å²) in [6, 6.07) is 2.13. The van der Waals surface area contributed by atoms with Gasteiger partial charge in [0.1, 0.15) is 0 Å². The number of nitrogens with zero attached hydrogens (tertiary/aromatic N) is 2. The zero-order valence-electron chi connectivity index (χ0n) is 11.0. The Bertz CT molecular complexity index is 522. The van der Waals surface area contributed by atoms with Gasteiger partial charge in [0.15, 0.2) is 0 Å². The van der Waals surface area contributed by atoms with E-state index in [9.17, 15) is 4.79 Å². The molecule has 0 aliphatic rings. The van der Waals surface area contributed by atoms with Gasteiger partial charge in [0, 0.05) is 29.8 Å². The summed E-state index contributed by atoms with van der Waals surface area (Å²) >= 11 is 1.58. The summed E-state index contributed by atoms with van der Waals surface area (Å²) in [6.45, 7) is 4.02. The summed E-state index contributed by atoms with van der Waals surface area (Å²) in [5, 5.41) is 14.7. The molecular weight excluding hydrogens is 262 g/mol. The van der Waals surface area contributed by atoms with Crippen molar-refractivity contribution in [2.24, 2.45) is 0 Å². The van der Waals surface area contributed by atoms with E-state index in [2.05, 4.69) is 15.5 Å². The van der Waals surface area contributed by atoms with Crippen LogP contribution in [0, 0.1) is 0 Å². The van der Waals surface area contributed by atoms with E-state index in [4.69, 9.17) is 4.42 Å². The normalized spacial score (nSPS) is 12.3. The summed E-state index contributed by atoms with van der Waals surface area (Å²) in [5.74, 6) is 1.03. The van der Waals surface area contributed by atoms with Gasteiger partial charge < -0.3 is 9.73 Å². The number of aryl methyl sites for hydroxylation is 1. The zero-order chi connectivity index (χ0) is 13.7. The summed E-state index contributed by atoms with van der Waals surface area (Å²) < 4.78 is 5.51. The van der Waals surface area contributed by atoms with E-state index >= 15 is 0 Å². The van der Waals surface area contributed by atoms with Crippen LogP contribution in [0.3, 0.4) is 0 Å². The van der Waals surface area contributed by atoms with Crippen molar-refractivity contribution >= 4 is 17.2 Å². The monoisotopic (exact) mass is 279 g/mol. The maximum atomic E-state index is 11.6.